The van der Waals surface area contributed by atoms with Crippen molar-refractivity contribution in [2.75, 3.05) is 52.5 Å². The van der Waals surface area contributed by atoms with E-state index in [2.05, 4.69) is 47.1 Å². The highest BCUT2D eigenvalue weighted by Gasteiger charge is 2.15. The van der Waals surface area contributed by atoms with Gasteiger partial charge < -0.3 is 14.5 Å². The van der Waals surface area contributed by atoms with E-state index in [4.69, 9.17) is 4.74 Å². The topological polar surface area (TPSA) is 15.7 Å². The summed E-state index contributed by atoms with van der Waals surface area (Å²) in [6.45, 7) is 11.4. The molecule has 0 spiro atoms. The number of piperazine rings is 1. The summed E-state index contributed by atoms with van der Waals surface area (Å²) in [7, 11) is 0. The van der Waals surface area contributed by atoms with E-state index in [1.54, 1.807) is 0 Å². The molecule has 0 amide bonds. The van der Waals surface area contributed by atoms with Gasteiger partial charge in [0.25, 0.3) is 0 Å². The minimum Gasteiger partial charge on any atom is -0.381 e. The van der Waals surface area contributed by atoms with Gasteiger partial charge in [-0.3, -0.25) is 0 Å². The van der Waals surface area contributed by atoms with Crippen molar-refractivity contribution >= 4 is 0 Å². The Balaban J connectivity index is 1.45. The third kappa shape index (κ3) is 6.60. The molecular formula is C18H30N2O. The zero-order valence-electron chi connectivity index (χ0n) is 13.5. The normalized spacial score (nSPS) is 17.2. The van der Waals surface area contributed by atoms with Crippen LogP contribution in [0.4, 0.5) is 0 Å². The van der Waals surface area contributed by atoms with Crippen molar-refractivity contribution in [2.45, 2.75) is 26.2 Å². The number of hydrogen-bond acceptors (Lipinski definition) is 3. The van der Waals surface area contributed by atoms with Gasteiger partial charge in [-0.1, -0.05) is 37.3 Å². The van der Waals surface area contributed by atoms with Crippen molar-refractivity contribution in [3.05, 3.63) is 35.9 Å². The van der Waals surface area contributed by atoms with E-state index in [-0.39, 0.29) is 0 Å². The van der Waals surface area contributed by atoms with Crippen molar-refractivity contribution < 1.29 is 4.74 Å². The lowest BCUT2D eigenvalue weighted by molar-refractivity contribution is 0.100. The molecule has 0 aliphatic carbocycles. The fourth-order valence-electron chi connectivity index (χ4n) is 2.88. The molecule has 2 rings (SSSR count). The van der Waals surface area contributed by atoms with Gasteiger partial charge in [-0.05, 0) is 31.4 Å². The highest BCUT2D eigenvalue weighted by atomic mass is 16.5. The molecule has 0 N–H and O–H groups in total. The molecule has 1 saturated heterocycles. The molecule has 0 atom stereocenters. The number of benzene rings is 1. The number of hydrogen-bond donors (Lipinski definition) is 0. The van der Waals surface area contributed by atoms with Crippen LogP contribution in [0, 0.1) is 0 Å². The van der Waals surface area contributed by atoms with Crippen LogP contribution in [-0.4, -0.2) is 62.3 Å². The molecule has 1 aliphatic heterocycles. The molecule has 1 aliphatic rings. The second-order valence-corrected chi connectivity index (χ2v) is 5.88. The van der Waals surface area contributed by atoms with Crippen LogP contribution in [-0.2, 0) is 11.2 Å². The lowest BCUT2D eigenvalue weighted by Crippen LogP contribution is -2.46. The van der Waals surface area contributed by atoms with Crippen LogP contribution in [0.25, 0.3) is 0 Å². The molecule has 1 heterocycles. The molecule has 0 bridgehead atoms. The lowest BCUT2D eigenvalue weighted by Gasteiger charge is -2.34. The largest absolute Gasteiger partial charge is 0.381 e. The average Bonchev–Trinajstić information content (AvgIpc) is 2.53. The maximum absolute atomic E-state index is 5.75. The van der Waals surface area contributed by atoms with Crippen LogP contribution in [0.5, 0.6) is 0 Å². The molecule has 118 valence electrons. The summed E-state index contributed by atoms with van der Waals surface area (Å²) >= 11 is 0. The molecular weight excluding hydrogens is 260 g/mol. The van der Waals surface area contributed by atoms with Crippen LogP contribution >= 0.6 is 0 Å². The maximum atomic E-state index is 5.75. The molecule has 0 saturated carbocycles. The Bertz CT molecular complexity index is 361. The van der Waals surface area contributed by atoms with E-state index in [0.717, 1.165) is 26.1 Å². The molecule has 0 radical (unpaired) electrons. The molecule has 1 aromatic rings. The minimum atomic E-state index is 0.842. The summed E-state index contributed by atoms with van der Waals surface area (Å²) < 4.78 is 5.75. The molecule has 1 aromatic carbocycles. The van der Waals surface area contributed by atoms with Gasteiger partial charge in [0.2, 0.25) is 0 Å². The highest BCUT2D eigenvalue weighted by molar-refractivity contribution is 5.14. The monoisotopic (exact) mass is 290 g/mol. The van der Waals surface area contributed by atoms with Crippen molar-refractivity contribution in [1.29, 1.82) is 0 Å². The predicted molar refractivity (Wildman–Crippen MR) is 88.8 cm³/mol. The van der Waals surface area contributed by atoms with Crippen molar-refractivity contribution in [1.82, 2.24) is 9.80 Å². The summed E-state index contributed by atoms with van der Waals surface area (Å²) in [4.78, 5) is 5.15. The first-order chi connectivity index (χ1) is 10.4. The van der Waals surface area contributed by atoms with Gasteiger partial charge in [0.15, 0.2) is 0 Å². The van der Waals surface area contributed by atoms with E-state index in [1.165, 1.54) is 51.3 Å². The molecule has 3 nitrogen and oxygen atoms in total. The van der Waals surface area contributed by atoms with E-state index in [9.17, 15) is 0 Å². The van der Waals surface area contributed by atoms with Gasteiger partial charge in [-0.2, -0.15) is 0 Å². The second kappa shape index (κ2) is 9.93. The number of ether oxygens (including phenoxy) is 1. The van der Waals surface area contributed by atoms with Gasteiger partial charge in [0, 0.05) is 39.3 Å². The van der Waals surface area contributed by atoms with Crippen LogP contribution in [0.1, 0.15) is 25.3 Å². The third-order valence-electron chi connectivity index (χ3n) is 4.15. The summed E-state index contributed by atoms with van der Waals surface area (Å²) in [5, 5.41) is 0. The Kier molecular flexibility index (Phi) is 7.79. The Hall–Kier alpha value is -0.900. The van der Waals surface area contributed by atoms with Crippen molar-refractivity contribution in [2.24, 2.45) is 0 Å². The molecule has 0 unspecified atom stereocenters. The smallest absolute Gasteiger partial charge is 0.0506 e. The average molecular weight is 290 g/mol. The quantitative estimate of drug-likeness (QED) is 0.650. The summed E-state index contributed by atoms with van der Waals surface area (Å²) in [5.41, 5.74) is 1.37. The van der Waals surface area contributed by atoms with Crippen molar-refractivity contribution in [3.63, 3.8) is 0 Å². The summed E-state index contributed by atoms with van der Waals surface area (Å²) in [6.07, 6.45) is 3.45. The highest BCUT2D eigenvalue weighted by Crippen LogP contribution is 2.04. The van der Waals surface area contributed by atoms with E-state index in [1.807, 2.05) is 0 Å². The first kappa shape index (κ1) is 16.5. The Labute approximate surface area is 129 Å². The van der Waals surface area contributed by atoms with Crippen LogP contribution in [0.3, 0.4) is 0 Å². The first-order valence-electron chi connectivity index (χ1n) is 8.45. The van der Waals surface area contributed by atoms with Crippen LogP contribution in [0.15, 0.2) is 30.3 Å². The fraction of sp³-hybridized carbons (Fsp3) is 0.667. The van der Waals surface area contributed by atoms with E-state index in [0.29, 0.717) is 0 Å². The molecule has 0 aromatic heterocycles. The van der Waals surface area contributed by atoms with E-state index < -0.39 is 0 Å². The second-order valence-electron chi connectivity index (χ2n) is 5.88. The SMILES string of the molecule is CCCN1CCN(CCCOCCc2ccccc2)CC1. The summed E-state index contributed by atoms with van der Waals surface area (Å²) in [6, 6.07) is 10.6. The number of nitrogens with zero attached hydrogens (tertiary/aromatic N) is 2. The molecule has 1 fully saturated rings. The molecule has 21 heavy (non-hydrogen) atoms. The van der Waals surface area contributed by atoms with Gasteiger partial charge in [-0.15, -0.1) is 0 Å². The van der Waals surface area contributed by atoms with Gasteiger partial charge >= 0.3 is 0 Å². The van der Waals surface area contributed by atoms with Gasteiger partial charge in [-0.25, -0.2) is 0 Å². The van der Waals surface area contributed by atoms with Gasteiger partial charge in [0.05, 0.1) is 6.61 Å². The van der Waals surface area contributed by atoms with Crippen LogP contribution in [0.2, 0.25) is 0 Å². The Morgan fingerprint density at radius 1 is 0.905 bits per heavy atom. The van der Waals surface area contributed by atoms with E-state index >= 15 is 0 Å². The fourth-order valence-corrected chi connectivity index (χ4v) is 2.88. The summed E-state index contributed by atoms with van der Waals surface area (Å²) in [5.74, 6) is 0. The lowest BCUT2D eigenvalue weighted by atomic mass is 10.2. The molecule has 3 heteroatoms. The van der Waals surface area contributed by atoms with Gasteiger partial charge in [0.1, 0.15) is 0 Å². The Morgan fingerprint density at radius 3 is 2.24 bits per heavy atom. The first-order valence-corrected chi connectivity index (χ1v) is 8.45. The maximum Gasteiger partial charge on any atom is 0.0506 e. The minimum absolute atomic E-state index is 0.842. The Morgan fingerprint density at radius 2 is 1.57 bits per heavy atom. The zero-order valence-corrected chi connectivity index (χ0v) is 13.5. The zero-order chi connectivity index (χ0) is 14.8. The van der Waals surface area contributed by atoms with Crippen LogP contribution < -0.4 is 0 Å². The predicted octanol–water partition coefficient (Wildman–Crippen LogP) is 2.66. The standard InChI is InChI=1S/C18H30N2O/c1-2-10-19-12-14-20(15-13-19)11-6-16-21-17-9-18-7-4-3-5-8-18/h3-5,7-8H,2,6,9-17H2,1H3. The number of rotatable bonds is 9. The van der Waals surface area contributed by atoms with Crippen molar-refractivity contribution in [3.8, 4) is 0 Å². The third-order valence-corrected chi connectivity index (χ3v) is 4.15.